The van der Waals surface area contributed by atoms with Crippen LogP contribution < -0.4 is 5.63 Å². The molecule has 0 unspecified atom stereocenters. The van der Waals surface area contributed by atoms with Crippen LogP contribution in [0.3, 0.4) is 0 Å². The number of hydrogen-bond acceptors (Lipinski definition) is 4. The first-order valence-electron chi connectivity index (χ1n) is 6.79. The summed E-state index contributed by atoms with van der Waals surface area (Å²) in [7, 11) is 0. The van der Waals surface area contributed by atoms with Gasteiger partial charge in [-0.25, -0.2) is 4.79 Å². The highest BCUT2D eigenvalue weighted by atomic mass is 16.4. The van der Waals surface area contributed by atoms with Crippen LogP contribution in [0.15, 0.2) is 76.5 Å². The van der Waals surface area contributed by atoms with Crippen molar-refractivity contribution in [2.24, 2.45) is 0 Å². The summed E-state index contributed by atoms with van der Waals surface area (Å²) in [6.45, 7) is 0. The van der Waals surface area contributed by atoms with Crippen LogP contribution in [-0.4, -0.2) is 14.8 Å². The van der Waals surface area contributed by atoms with Crippen LogP contribution in [0.2, 0.25) is 0 Å². The molecule has 0 saturated heterocycles. The molecule has 0 amide bonds. The molecule has 4 aromatic rings. The molecular weight excluding hydrogens is 278 g/mol. The molecule has 22 heavy (non-hydrogen) atoms. The van der Waals surface area contributed by atoms with Crippen molar-refractivity contribution in [2.45, 2.75) is 0 Å². The Kier molecular flexibility index (Phi) is 2.83. The van der Waals surface area contributed by atoms with Gasteiger partial charge in [0, 0.05) is 11.1 Å². The van der Waals surface area contributed by atoms with Gasteiger partial charge in [0.05, 0.1) is 5.56 Å². The molecule has 0 aliphatic rings. The van der Waals surface area contributed by atoms with Gasteiger partial charge in [-0.05, 0) is 29.8 Å². The molecule has 5 heteroatoms. The molecule has 4 rings (SSSR count). The lowest BCUT2D eigenvalue weighted by molar-refractivity contribution is 0.563. The standard InChI is InChI=1S/C17H11N3O2/c21-17-15(9-13-4-1-2-7-16(13)22-17)12-5-3-6-14(8-12)20-10-18-19-11-20/h1-11H. The molecule has 0 saturated carbocycles. The fraction of sp³-hybridized carbons (Fsp3) is 0. The third kappa shape index (κ3) is 2.09. The number of benzene rings is 2. The van der Waals surface area contributed by atoms with Crippen molar-refractivity contribution in [2.75, 3.05) is 0 Å². The second-order valence-corrected chi connectivity index (χ2v) is 4.90. The molecule has 0 aliphatic heterocycles. The highest BCUT2D eigenvalue weighted by Gasteiger charge is 2.08. The predicted octanol–water partition coefficient (Wildman–Crippen LogP) is 3.04. The number of fused-ring (bicyclic) bond motifs is 1. The van der Waals surface area contributed by atoms with Crippen LogP contribution in [-0.2, 0) is 0 Å². The Morgan fingerprint density at radius 3 is 2.59 bits per heavy atom. The summed E-state index contributed by atoms with van der Waals surface area (Å²) in [5, 5.41) is 8.48. The zero-order chi connectivity index (χ0) is 14.9. The SMILES string of the molecule is O=c1oc2ccccc2cc1-c1cccc(-n2cnnc2)c1. The minimum atomic E-state index is -0.348. The number of rotatable bonds is 2. The fourth-order valence-electron chi connectivity index (χ4n) is 2.43. The van der Waals surface area contributed by atoms with E-state index in [4.69, 9.17) is 4.42 Å². The Morgan fingerprint density at radius 2 is 1.73 bits per heavy atom. The Morgan fingerprint density at radius 1 is 0.909 bits per heavy atom. The molecule has 2 heterocycles. The van der Waals surface area contributed by atoms with E-state index in [-0.39, 0.29) is 5.63 Å². The molecular formula is C17H11N3O2. The largest absolute Gasteiger partial charge is 0.422 e. The van der Waals surface area contributed by atoms with E-state index in [0.29, 0.717) is 11.1 Å². The third-order valence-corrected chi connectivity index (χ3v) is 3.52. The van der Waals surface area contributed by atoms with Crippen molar-refractivity contribution in [1.82, 2.24) is 14.8 Å². The quantitative estimate of drug-likeness (QED) is 0.532. The third-order valence-electron chi connectivity index (χ3n) is 3.52. The molecule has 0 N–H and O–H groups in total. The predicted molar refractivity (Wildman–Crippen MR) is 82.8 cm³/mol. The second kappa shape index (κ2) is 4.96. The van der Waals surface area contributed by atoms with Crippen LogP contribution >= 0.6 is 0 Å². The van der Waals surface area contributed by atoms with Gasteiger partial charge in [-0.1, -0.05) is 30.3 Å². The van der Waals surface area contributed by atoms with Gasteiger partial charge in [0.25, 0.3) is 0 Å². The lowest BCUT2D eigenvalue weighted by Crippen LogP contribution is -2.03. The lowest BCUT2D eigenvalue weighted by Gasteiger charge is -2.05. The number of nitrogens with zero attached hydrogens (tertiary/aromatic N) is 3. The summed E-state index contributed by atoms with van der Waals surface area (Å²) < 4.78 is 7.17. The maximum Gasteiger partial charge on any atom is 0.344 e. The number of aromatic nitrogens is 3. The van der Waals surface area contributed by atoms with E-state index in [9.17, 15) is 4.79 Å². The number of hydrogen-bond donors (Lipinski definition) is 0. The van der Waals surface area contributed by atoms with Gasteiger partial charge in [0.2, 0.25) is 0 Å². The van der Waals surface area contributed by atoms with Gasteiger partial charge in [0.1, 0.15) is 18.2 Å². The van der Waals surface area contributed by atoms with E-state index in [1.54, 1.807) is 23.3 Å². The van der Waals surface area contributed by atoms with Crippen LogP contribution in [0.4, 0.5) is 0 Å². The van der Waals surface area contributed by atoms with Crippen molar-refractivity contribution in [1.29, 1.82) is 0 Å². The molecule has 0 bridgehead atoms. The Bertz CT molecular complexity index is 1000. The first-order valence-corrected chi connectivity index (χ1v) is 6.79. The van der Waals surface area contributed by atoms with E-state index in [1.807, 2.05) is 48.5 Å². The van der Waals surface area contributed by atoms with Crippen molar-refractivity contribution in [3.8, 4) is 16.8 Å². The van der Waals surface area contributed by atoms with Crippen LogP contribution in [0.25, 0.3) is 27.8 Å². The van der Waals surface area contributed by atoms with Crippen molar-refractivity contribution >= 4 is 11.0 Å². The minimum Gasteiger partial charge on any atom is -0.422 e. The summed E-state index contributed by atoms with van der Waals surface area (Å²) in [4.78, 5) is 12.2. The zero-order valence-corrected chi connectivity index (χ0v) is 11.5. The highest BCUT2D eigenvalue weighted by Crippen LogP contribution is 2.22. The first-order chi connectivity index (χ1) is 10.8. The van der Waals surface area contributed by atoms with E-state index < -0.39 is 0 Å². The summed E-state index contributed by atoms with van der Waals surface area (Å²) >= 11 is 0. The smallest absolute Gasteiger partial charge is 0.344 e. The van der Waals surface area contributed by atoms with Gasteiger partial charge in [-0.2, -0.15) is 0 Å². The molecule has 106 valence electrons. The van der Waals surface area contributed by atoms with E-state index in [1.165, 1.54) is 0 Å². The Labute approximate surface area is 125 Å². The maximum absolute atomic E-state index is 12.2. The van der Waals surface area contributed by atoms with Crippen LogP contribution in [0.5, 0.6) is 0 Å². The highest BCUT2D eigenvalue weighted by molar-refractivity contribution is 5.81. The summed E-state index contributed by atoms with van der Waals surface area (Å²) in [6.07, 6.45) is 3.23. The van der Waals surface area contributed by atoms with Gasteiger partial charge in [0.15, 0.2) is 0 Å². The summed E-state index contributed by atoms with van der Waals surface area (Å²) in [5.74, 6) is 0. The molecule has 0 aliphatic carbocycles. The van der Waals surface area contributed by atoms with Crippen molar-refractivity contribution in [3.05, 3.63) is 77.7 Å². The molecule has 0 fully saturated rings. The molecule has 2 aromatic heterocycles. The molecule has 5 nitrogen and oxygen atoms in total. The topological polar surface area (TPSA) is 60.9 Å². The second-order valence-electron chi connectivity index (χ2n) is 4.90. The van der Waals surface area contributed by atoms with Crippen LogP contribution in [0, 0.1) is 0 Å². The van der Waals surface area contributed by atoms with Crippen molar-refractivity contribution in [3.63, 3.8) is 0 Å². The molecule has 0 spiro atoms. The van der Waals surface area contributed by atoms with Gasteiger partial charge in [-0.3, -0.25) is 4.57 Å². The van der Waals surface area contributed by atoms with Gasteiger partial charge < -0.3 is 4.42 Å². The van der Waals surface area contributed by atoms with Crippen LogP contribution in [0.1, 0.15) is 0 Å². The Balaban J connectivity index is 1.90. The lowest BCUT2D eigenvalue weighted by atomic mass is 10.1. The molecule has 2 aromatic carbocycles. The van der Waals surface area contributed by atoms with Crippen molar-refractivity contribution < 1.29 is 4.42 Å². The van der Waals surface area contributed by atoms with Gasteiger partial charge >= 0.3 is 5.63 Å². The monoisotopic (exact) mass is 289 g/mol. The first kappa shape index (κ1) is 12.5. The Hall–Kier alpha value is -3.21. The average Bonchev–Trinajstić information content (AvgIpc) is 3.09. The molecule has 0 atom stereocenters. The van der Waals surface area contributed by atoms with E-state index >= 15 is 0 Å². The summed E-state index contributed by atoms with van der Waals surface area (Å²) in [5.41, 5.74) is 2.46. The van der Waals surface area contributed by atoms with E-state index in [2.05, 4.69) is 10.2 Å². The minimum absolute atomic E-state index is 0.348. The summed E-state index contributed by atoms with van der Waals surface area (Å²) in [6, 6.07) is 16.9. The van der Waals surface area contributed by atoms with E-state index in [0.717, 1.165) is 16.6 Å². The zero-order valence-electron chi connectivity index (χ0n) is 11.5. The average molecular weight is 289 g/mol. The maximum atomic E-state index is 12.2. The number of para-hydroxylation sites is 1. The normalized spacial score (nSPS) is 10.9. The fourth-order valence-corrected chi connectivity index (χ4v) is 2.43. The molecule has 0 radical (unpaired) electrons. The van der Waals surface area contributed by atoms with Gasteiger partial charge in [-0.15, -0.1) is 10.2 Å².